The topological polar surface area (TPSA) is 88.9 Å². The molecule has 208 valence electrons. The lowest BCUT2D eigenvalue weighted by Crippen LogP contribution is -2.19. The number of aryl methyl sites for hydroxylation is 4. The summed E-state index contributed by atoms with van der Waals surface area (Å²) < 4.78 is 40.8. The Morgan fingerprint density at radius 1 is 0.878 bits per heavy atom. The Hall–Kier alpha value is -4.99. The highest BCUT2D eigenvalue weighted by Gasteiger charge is 2.31. The van der Waals surface area contributed by atoms with Crippen molar-refractivity contribution in [2.45, 2.75) is 26.9 Å². The van der Waals surface area contributed by atoms with Gasteiger partial charge in [0.05, 0.1) is 23.0 Å². The number of fused-ring (bicyclic) bond motifs is 1. The van der Waals surface area contributed by atoms with Gasteiger partial charge in [0.1, 0.15) is 5.82 Å². The molecule has 0 aliphatic heterocycles. The van der Waals surface area contributed by atoms with Gasteiger partial charge in [-0.15, -0.1) is 0 Å². The molecule has 0 atom stereocenters. The molecule has 0 fully saturated rings. The minimum atomic E-state index is -4.56. The molecule has 41 heavy (non-hydrogen) atoms. The van der Waals surface area contributed by atoms with Gasteiger partial charge in [-0.25, -0.2) is 4.98 Å². The summed E-state index contributed by atoms with van der Waals surface area (Å²) in [7, 11) is 1.67. The quantitative estimate of drug-likeness (QED) is 0.245. The Morgan fingerprint density at radius 2 is 1.66 bits per heavy atom. The summed E-state index contributed by atoms with van der Waals surface area (Å²) in [5.41, 5.74) is 4.20. The first-order valence-corrected chi connectivity index (χ1v) is 12.7. The molecule has 10 heteroatoms. The van der Waals surface area contributed by atoms with Crippen molar-refractivity contribution in [1.29, 1.82) is 0 Å². The van der Waals surface area contributed by atoms with Crippen molar-refractivity contribution in [2.24, 2.45) is 7.05 Å². The van der Waals surface area contributed by atoms with Crippen molar-refractivity contribution in [3.63, 3.8) is 0 Å². The third kappa shape index (κ3) is 5.67. The highest BCUT2D eigenvalue weighted by molar-refractivity contribution is 6.04. The van der Waals surface area contributed by atoms with Crippen LogP contribution >= 0.6 is 0 Å². The van der Waals surface area contributed by atoms with Gasteiger partial charge in [-0.3, -0.25) is 14.6 Å². The maximum absolute atomic E-state index is 13.5. The zero-order chi connectivity index (χ0) is 29.5. The number of benzene rings is 2. The van der Waals surface area contributed by atoms with E-state index in [0.717, 1.165) is 40.0 Å². The van der Waals surface area contributed by atoms with Gasteiger partial charge < -0.3 is 15.2 Å². The second-order valence-electron chi connectivity index (χ2n) is 9.88. The number of nitrogens with one attached hydrogen (secondary N) is 2. The minimum Gasteiger partial charge on any atom is -0.339 e. The summed E-state index contributed by atoms with van der Waals surface area (Å²) in [5, 5.41) is 6.62. The third-order valence-electron chi connectivity index (χ3n) is 6.86. The number of nitrogens with zero attached hydrogens (tertiary/aromatic N) is 3. The second kappa shape index (κ2) is 10.5. The number of carbonyl (C=O) groups is 1. The van der Waals surface area contributed by atoms with Crippen molar-refractivity contribution in [1.82, 2.24) is 14.5 Å². The van der Waals surface area contributed by atoms with E-state index in [9.17, 15) is 22.8 Å². The monoisotopic (exact) mass is 557 g/mol. The van der Waals surface area contributed by atoms with Gasteiger partial charge in [0.15, 0.2) is 0 Å². The van der Waals surface area contributed by atoms with E-state index in [1.165, 1.54) is 16.7 Å². The SMILES string of the molecule is Cc1cc(C)c(Nc2cc3c(cn2)cc(-c2cc(NC(=O)c4cccc(C(F)(F)F)c4)ccc2C)c(=O)n3C)cn1. The van der Waals surface area contributed by atoms with Gasteiger partial charge in [-0.1, -0.05) is 12.1 Å². The Labute approximate surface area is 233 Å². The summed E-state index contributed by atoms with van der Waals surface area (Å²) in [6, 6.07) is 14.7. The maximum Gasteiger partial charge on any atom is 0.416 e. The predicted molar refractivity (Wildman–Crippen MR) is 154 cm³/mol. The third-order valence-corrected chi connectivity index (χ3v) is 6.86. The molecule has 5 aromatic rings. The highest BCUT2D eigenvalue weighted by atomic mass is 19.4. The summed E-state index contributed by atoms with van der Waals surface area (Å²) >= 11 is 0. The fourth-order valence-electron chi connectivity index (χ4n) is 4.62. The van der Waals surface area contributed by atoms with E-state index in [1.807, 2.05) is 26.8 Å². The van der Waals surface area contributed by atoms with Crippen molar-refractivity contribution in [2.75, 3.05) is 10.6 Å². The Balaban J connectivity index is 1.47. The lowest BCUT2D eigenvalue weighted by atomic mass is 9.99. The van der Waals surface area contributed by atoms with E-state index in [4.69, 9.17) is 0 Å². The van der Waals surface area contributed by atoms with Crippen LogP contribution in [0, 0.1) is 20.8 Å². The number of anilines is 3. The molecule has 1 amide bonds. The number of hydrogen-bond donors (Lipinski definition) is 2. The molecule has 5 rings (SSSR count). The average molecular weight is 558 g/mol. The van der Waals surface area contributed by atoms with E-state index in [0.29, 0.717) is 28.1 Å². The van der Waals surface area contributed by atoms with Crippen LogP contribution in [0.2, 0.25) is 0 Å². The van der Waals surface area contributed by atoms with Crippen molar-refractivity contribution >= 4 is 34.0 Å². The molecule has 0 bridgehead atoms. The molecule has 2 aromatic carbocycles. The van der Waals surface area contributed by atoms with Crippen molar-refractivity contribution in [3.05, 3.63) is 111 Å². The Kier molecular flexibility index (Phi) is 7.08. The standard InChI is InChI=1S/C31H26F3N5O2/c1-17-8-9-23(37-29(40)20-6-5-7-22(11-20)31(32,33)34)13-24(17)25-12-21-15-36-28(14-27(21)39(4)30(25)41)38-26-16-35-19(3)10-18(26)2/h5-16H,1-4H3,(H,36,38)(H,37,40). The van der Waals surface area contributed by atoms with Crippen LogP contribution in [0.5, 0.6) is 0 Å². The number of pyridine rings is 3. The summed E-state index contributed by atoms with van der Waals surface area (Å²) in [6.07, 6.45) is -1.15. The van der Waals surface area contributed by atoms with Crippen LogP contribution in [0.25, 0.3) is 22.0 Å². The smallest absolute Gasteiger partial charge is 0.339 e. The fourth-order valence-corrected chi connectivity index (χ4v) is 4.62. The van der Waals surface area contributed by atoms with Gasteiger partial charge in [0, 0.05) is 47.2 Å². The maximum atomic E-state index is 13.5. The first-order valence-electron chi connectivity index (χ1n) is 12.7. The lowest BCUT2D eigenvalue weighted by Gasteiger charge is -2.14. The molecule has 2 N–H and O–H groups in total. The lowest BCUT2D eigenvalue weighted by molar-refractivity contribution is -0.137. The molecule has 0 radical (unpaired) electrons. The number of alkyl halides is 3. The Bertz CT molecular complexity index is 1880. The van der Waals surface area contributed by atoms with E-state index < -0.39 is 17.6 Å². The van der Waals surface area contributed by atoms with Crippen molar-refractivity contribution < 1.29 is 18.0 Å². The molecule has 0 saturated carbocycles. The van der Waals surface area contributed by atoms with Crippen LogP contribution in [0.3, 0.4) is 0 Å². The van der Waals surface area contributed by atoms with Gasteiger partial charge in [-0.05, 0) is 79.9 Å². The molecule has 3 heterocycles. The zero-order valence-electron chi connectivity index (χ0n) is 22.7. The first kappa shape index (κ1) is 27.6. The average Bonchev–Trinajstić information content (AvgIpc) is 2.93. The molecule has 0 unspecified atom stereocenters. The fraction of sp³-hybridized carbons (Fsp3) is 0.161. The molecule has 3 aromatic heterocycles. The summed E-state index contributed by atoms with van der Waals surface area (Å²) in [6.45, 7) is 5.72. The molecule has 0 aliphatic carbocycles. The molecule has 0 saturated heterocycles. The normalized spacial score (nSPS) is 11.5. The minimum absolute atomic E-state index is 0.129. The predicted octanol–water partition coefficient (Wildman–Crippen LogP) is 6.94. The van der Waals surface area contributed by atoms with Crippen LogP contribution in [-0.2, 0) is 13.2 Å². The van der Waals surface area contributed by atoms with Crippen LogP contribution in [-0.4, -0.2) is 20.4 Å². The molecular weight excluding hydrogens is 531 g/mol. The van der Waals surface area contributed by atoms with E-state index in [1.54, 1.807) is 49.8 Å². The molecule has 0 aliphatic rings. The van der Waals surface area contributed by atoms with Gasteiger partial charge >= 0.3 is 6.18 Å². The highest BCUT2D eigenvalue weighted by Crippen LogP contribution is 2.31. The van der Waals surface area contributed by atoms with E-state index >= 15 is 0 Å². The summed E-state index contributed by atoms with van der Waals surface area (Å²) in [5.74, 6) is -0.134. The van der Waals surface area contributed by atoms with Gasteiger partial charge in [0.2, 0.25) is 0 Å². The van der Waals surface area contributed by atoms with Crippen LogP contribution in [0.15, 0.2) is 77.9 Å². The van der Waals surface area contributed by atoms with E-state index in [2.05, 4.69) is 20.6 Å². The number of hydrogen-bond acceptors (Lipinski definition) is 5. The number of aromatic nitrogens is 3. The molecule has 0 spiro atoms. The van der Waals surface area contributed by atoms with Crippen LogP contribution in [0.1, 0.15) is 32.7 Å². The largest absolute Gasteiger partial charge is 0.416 e. The van der Waals surface area contributed by atoms with Gasteiger partial charge in [0.25, 0.3) is 11.5 Å². The summed E-state index contributed by atoms with van der Waals surface area (Å²) in [4.78, 5) is 35.1. The van der Waals surface area contributed by atoms with Crippen molar-refractivity contribution in [3.8, 4) is 11.1 Å². The van der Waals surface area contributed by atoms with E-state index in [-0.39, 0.29) is 11.1 Å². The first-order chi connectivity index (χ1) is 19.4. The Morgan fingerprint density at radius 3 is 2.39 bits per heavy atom. The van der Waals surface area contributed by atoms with Crippen LogP contribution in [0.4, 0.5) is 30.4 Å². The van der Waals surface area contributed by atoms with Gasteiger partial charge in [-0.2, -0.15) is 13.2 Å². The zero-order valence-corrected chi connectivity index (χ0v) is 22.7. The number of halogens is 3. The number of rotatable bonds is 5. The molecular formula is C31H26F3N5O2. The second-order valence-corrected chi connectivity index (χ2v) is 9.88. The molecule has 7 nitrogen and oxygen atoms in total. The number of carbonyl (C=O) groups excluding carboxylic acids is 1. The number of amides is 1. The van der Waals surface area contributed by atoms with Crippen LogP contribution < -0.4 is 16.2 Å².